The number of ketones is 1. The van der Waals surface area contributed by atoms with Crippen molar-refractivity contribution in [3.8, 4) is 17.2 Å². The molecule has 27 heavy (non-hydrogen) atoms. The largest absolute Gasteiger partial charge is 0.289 e. The van der Waals surface area contributed by atoms with E-state index >= 15 is 0 Å². The Hall–Kier alpha value is -4.04. The smallest absolute Gasteiger partial charge is 0.277 e. The third-order valence-electron chi connectivity index (χ3n) is 4.60. The van der Waals surface area contributed by atoms with Crippen LogP contribution in [0.2, 0.25) is 0 Å². The molecule has 0 radical (unpaired) electrons. The van der Waals surface area contributed by atoms with Crippen LogP contribution >= 0.6 is 0 Å². The monoisotopic (exact) mass is 352 g/mol. The van der Waals surface area contributed by atoms with E-state index in [0.29, 0.717) is 27.8 Å². The Morgan fingerprint density at radius 2 is 1.48 bits per heavy atom. The van der Waals surface area contributed by atoms with Gasteiger partial charge in [-0.15, -0.1) is 0 Å². The Morgan fingerprint density at radius 3 is 2.15 bits per heavy atom. The third kappa shape index (κ3) is 2.52. The highest BCUT2D eigenvalue weighted by Gasteiger charge is 2.34. The topological polar surface area (TPSA) is 84.0 Å². The first kappa shape index (κ1) is 16.4. The van der Waals surface area contributed by atoms with Crippen molar-refractivity contribution in [2.24, 2.45) is 0 Å². The summed E-state index contributed by atoms with van der Waals surface area (Å²) in [6.45, 7) is 0. The molecular formula is C22H12N2O3. The minimum absolute atomic E-state index is 0.0877. The number of rotatable bonds is 2. The predicted octanol–water partition coefficient (Wildman–Crippen LogP) is 4.89. The fourth-order valence-corrected chi connectivity index (χ4v) is 3.46. The van der Waals surface area contributed by atoms with Crippen LogP contribution in [0.25, 0.3) is 22.3 Å². The zero-order chi connectivity index (χ0) is 19.0. The molecule has 5 nitrogen and oxygen atoms in total. The molecule has 0 aromatic heterocycles. The standard InChI is InChI=1S/C22H12N2O3/c23-13-18(14-7-2-1-3-8-14)21-17-11-6-12-19(24(26)27)20(17)15-9-4-5-10-16(15)22(21)25/h1-12H. The number of nitrogens with zero attached hydrogens (tertiary/aromatic N) is 2. The Labute approximate surface area is 155 Å². The van der Waals surface area contributed by atoms with Gasteiger partial charge in [0.15, 0.2) is 5.78 Å². The number of carbonyl (C=O) groups excluding carboxylic acids is 1. The summed E-state index contributed by atoms with van der Waals surface area (Å²) < 4.78 is 0. The van der Waals surface area contributed by atoms with E-state index < -0.39 is 4.92 Å². The van der Waals surface area contributed by atoms with Crippen LogP contribution in [0.3, 0.4) is 0 Å². The first-order valence-electron chi connectivity index (χ1n) is 8.25. The van der Waals surface area contributed by atoms with Crippen molar-refractivity contribution in [2.45, 2.75) is 0 Å². The van der Waals surface area contributed by atoms with Gasteiger partial charge < -0.3 is 0 Å². The number of fused-ring (bicyclic) bond motifs is 3. The van der Waals surface area contributed by atoms with Gasteiger partial charge in [0.2, 0.25) is 0 Å². The van der Waals surface area contributed by atoms with Crippen LogP contribution in [0, 0.1) is 21.4 Å². The molecule has 3 aromatic rings. The van der Waals surface area contributed by atoms with Crippen molar-refractivity contribution < 1.29 is 9.72 Å². The lowest BCUT2D eigenvalue weighted by Crippen LogP contribution is -2.14. The summed E-state index contributed by atoms with van der Waals surface area (Å²) in [4.78, 5) is 24.4. The van der Waals surface area contributed by atoms with Crippen LogP contribution in [-0.4, -0.2) is 10.7 Å². The molecule has 0 aliphatic heterocycles. The zero-order valence-electron chi connectivity index (χ0n) is 14.0. The molecule has 0 saturated carbocycles. The molecule has 0 heterocycles. The summed E-state index contributed by atoms with van der Waals surface area (Å²) >= 11 is 0. The fraction of sp³-hybridized carbons (Fsp3) is 0. The van der Waals surface area contributed by atoms with Gasteiger partial charge in [0, 0.05) is 28.3 Å². The summed E-state index contributed by atoms with van der Waals surface area (Å²) in [7, 11) is 0. The van der Waals surface area contributed by atoms with Gasteiger partial charge >= 0.3 is 0 Å². The van der Waals surface area contributed by atoms with Gasteiger partial charge in [-0.2, -0.15) is 5.26 Å². The Bertz CT molecular complexity index is 1170. The van der Waals surface area contributed by atoms with Crippen molar-refractivity contribution >= 4 is 22.6 Å². The molecule has 0 bridgehead atoms. The van der Waals surface area contributed by atoms with Gasteiger partial charge in [0.05, 0.1) is 16.1 Å². The fourth-order valence-electron chi connectivity index (χ4n) is 3.46. The number of Topliss-reactive ketones (excluding diaryl/α,β-unsaturated/α-hetero) is 1. The number of benzene rings is 3. The second-order valence-electron chi connectivity index (χ2n) is 6.06. The minimum Gasteiger partial charge on any atom is -0.289 e. The lowest BCUT2D eigenvalue weighted by Gasteiger charge is -2.22. The van der Waals surface area contributed by atoms with E-state index in [4.69, 9.17) is 0 Å². The molecule has 1 aliphatic rings. The molecule has 0 spiro atoms. The van der Waals surface area contributed by atoms with E-state index in [1.54, 1.807) is 54.6 Å². The quantitative estimate of drug-likeness (QED) is 0.284. The van der Waals surface area contributed by atoms with Crippen LogP contribution in [0.15, 0.2) is 72.8 Å². The predicted molar refractivity (Wildman–Crippen MR) is 102 cm³/mol. The molecule has 4 rings (SSSR count). The van der Waals surface area contributed by atoms with Crippen molar-refractivity contribution in [3.05, 3.63) is 99.6 Å². The number of nitriles is 1. The Kier molecular flexibility index (Phi) is 3.87. The van der Waals surface area contributed by atoms with Gasteiger partial charge in [0.1, 0.15) is 6.07 Å². The molecule has 0 saturated heterocycles. The third-order valence-corrected chi connectivity index (χ3v) is 4.60. The van der Waals surface area contributed by atoms with Crippen molar-refractivity contribution in [3.63, 3.8) is 0 Å². The maximum absolute atomic E-state index is 13.3. The summed E-state index contributed by atoms with van der Waals surface area (Å²) in [5.41, 5.74) is 2.56. The highest BCUT2D eigenvalue weighted by molar-refractivity contribution is 6.40. The highest BCUT2D eigenvalue weighted by atomic mass is 16.6. The van der Waals surface area contributed by atoms with Crippen molar-refractivity contribution in [1.82, 2.24) is 0 Å². The first-order valence-corrected chi connectivity index (χ1v) is 8.25. The second kappa shape index (κ2) is 6.36. The van der Waals surface area contributed by atoms with Crippen LogP contribution in [0.5, 0.6) is 0 Å². The maximum Gasteiger partial charge on any atom is 0.277 e. The van der Waals surface area contributed by atoms with Crippen molar-refractivity contribution in [2.75, 3.05) is 0 Å². The van der Waals surface area contributed by atoms with E-state index in [0.717, 1.165) is 0 Å². The van der Waals surface area contributed by atoms with Gasteiger partial charge in [-0.3, -0.25) is 14.9 Å². The molecule has 0 atom stereocenters. The number of allylic oxidation sites excluding steroid dienone is 2. The summed E-state index contributed by atoms with van der Waals surface area (Å²) in [5.74, 6) is -0.306. The Morgan fingerprint density at radius 1 is 0.852 bits per heavy atom. The molecule has 0 amide bonds. The van der Waals surface area contributed by atoms with Crippen LogP contribution < -0.4 is 0 Å². The average molecular weight is 352 g/mol. The molecule has 5 heteroatoms. The van der Waals surface area contributed by atoms with Crippen LogP contribution in [0.4, 0.5) is 5.69 Å². The molecule has 128 valence electrons. The number of hydrogen-bond acceptors (Lipinski definition) is 4. The number of hydrogen-bond donors (Lipinski definition) is 0. The Balaban J connectivity index is 2.16. The normalized spacial score (nSPS) is 14.0. The van der Waals surface area contributed by atoms with Gasteiger partial charge in [-0.05, 0) is 5.56 Å². The van der Waals surface area contributed by atoms with Gasteiger partial charge in [-0.1, -0.05) is 66.7 Å². The molecule has 0 unspecified atom stereocenters. The molecule has 3 aromatic carbocycles. The van der Waals surface area contributed by atoms with Gasteiger partial charge in [-0.25, -0.2) is 0 Å². The van der Waals surface area contributed by atoms with Gasteiger partial charge in [0.25, 0.3) is 5.69 Å². The SMILES string of the molecule is N#CC(=C1C(=O)c2ccccc2-c2c1cccc2[N+](=O)[O-])c1ccccc1. The van der Waals surface area contributed by atoms with E-state index in [9.17, 15) is 20.2 Å². The second-order valence-corrected chi connectivity index (χ2v) is 6.06. The first-order chi connectivity index (χ1) is 13.1. The molecule has 1 aliphatic carbocycles. The van der Waals surface area contributed by atoms with Crippen LogP contribution in [0.1, 0.15) is 21.5 Å². The van der Waals surface area contributed by atoms with E-state index in [-0.39, 0.29) is 22.6 Å². The number of nitro groups is 1. The number of carbonyl (C=O) groups is 1. The average Bonchev–Trinajstić information content (AvgIpc) is 2.71. The molecule has 0 fully saturated rings. The summed E-state index contributed by atoms with van der Waals surface area (Å²) in [5, 5.41) is 21.4. The van der Waals surface area contributed by atoms with E-state index in [1.165, 1.54) is 12.1 Å². The maximum atomic E-state index is 13.3. The zero-order valence-corrected chi connectivity index (χ0v) is 14.0. The molecule has 0 N–H and O–H groups in total. The van der Waals surface area contributed by atoms with E-state index in [1.807, 2.05) is 6.07 Å². The van der Waals surface area contributed by atoms with Crippen LogP contribution in [-0.2, 0) is 0 Å². The summed E-state index contributed by atoms with van der Waals surface area (Å²) in [6.07, 6.45) is 0. The summed E-state index contributed by atoms with van der Waals surface area (Å²) in [6, 6.07) is 22.4. The van der Waals surface area contributed by atoms with E-state index in [2.05, 4.69) is 6.07 Å². The molecular weight excluding hydrogens is 340 g/mol. The van der Waals surface area contributed by atoms with Crippen molar-refractivity contribution in [1.29, 1.82) is 5.26 Å². The number of nitro benzene ring substituents is 1. The highest BCUT2D eigenvalue weighted by Crippen LogP contribution is 2.46. The lowest BCUT2D eigenvalue weighted by molar-refractivity contribution is -0.384. The lowest BCUT2D eigenvalue weighted by atomic mass is 9.78. The minimum atomic E-state index is -0.461.